The van der Waals surface area contributed by atoms with E-state index in [2.05, 4.69) is 9.46 Å². The highest BCUT2D eigenvalue weighted by atomic mass is 32.2. The maximum atomic E-state index is 11.5. The van der Waals surface area contributed by atoms with Crippen LogP contribution in [0.25, 0.3) is 0 Å². The molecule has 1 unspecified atom stereocenters. The zero-order chi connectivity index (χ0) is 12.8. The molecule has 8 heteroatoms. The summed E-state index contributed by atoms with van der Waals surface area (Å²) in [5.74, 6) is -0.820. The molecule has 0 aliphatic rings. The Hall–Kier alpha value is -0.700. The molecule has 0 aromatic heterocycles. The minimum absolute atomic E-state index is 0.0728. The van der Waals surface area contributed by atoms with Gasteiger partial charge in [-0.3, -0.25) is 4.79 Å². The molecule has 0 rings (SSSR count). The molecular formula is C8H17NO6S. The number of methoxy groups -OCH3 is 3. The summed E-state index contributed by atoms with van der Waals surface area (Å²) in [6.07, 6.45) is -0.695. The van der Waals surface area contributed by atoms with Crippen molar-refractivity contribution in [3.63, 3.8) is 0 Å². The number of hydrogen-bond acceptors (Lipinski definition) is 6. The molecule has 16 heavy (non-hydrogen) atoms. The molecule has 0 heterocycles. The van der Waals surface area contributed by atoms with Gasteiger partial charge in [0.25, 0.3) is 0 Å². The lowest BCUT2D eigenvalue weighted by atomic mass is 10.5. The Bertz CT molecular complexity index is 310. The summed E-state index contributed by atoms with van der Waals surface area (Å²) >= 11 is 0. The molecule has 0 fully saturated rings. The summed E-state index contributed by atoms with van der Waals surface area (Å²) in [7, 11) is 0.117. The van der Waals surface area contributed by atoms with Gasteiger partial charge in [0, 0.05) is 14.2 Å². The Kier molecular flexibility index (Phi) is 6.49. The first kappa shape index (κ1) is 15.3. The molecule has 0 saturated carbocycles. The summed E-state index contributed by atoms with van der Waals surface area (Å²) < 4.78 is 39.2. The van der Waals surface area contributed by atoms with Crippen molar-refractivity contribution in [2.45, 2.75) is 18.5 Å². The molecule has 96 valence electrons. The van der Waals surface area contributed by atoms with Gasteiger partial charge in [-0.05, 0) is 6.92 Å². The third-order valence-electron chi connectivity index (χ3n) is 1.98. The molecule has 0 saturated heterocycles. The van der Waals surface area contributed by atoms with E-state index in [1.54, 1.807) is 0 Å². The number of nitrogens with one attached hydrogen (secondary N) is 1. The minimum Gasteiger partial charge on any atom is -0.468 e. The standard InChI is InChI=1S/C8H17NO6S/c1-6(8(10)15-4)16(11,12)9-5-7(13-2)14-3/h6-7,9H,5H2,1-4H3. The monoisotopic (exact) mass is 255 g/mol. The second kappa shape index (κ2) is 6.79. The Morgan fingerprint density at radius 2 is 1.75 bits per heavy atom. The third-order valence-corrected chi connectivity index (χ3v) is 3.67. The first-order valence-electron chi connectivity index (χ1n) is 4.51. The van der Waals surface area contributed by atoms with E-state index in [0.717, 1.165) is 7.11 Å². The van der Waals surface area contributed by atoms with Gasteiger partial charge in [-0.1, -0.05) is 0 Å². The fourth-order valence-electron chi connectivity index (χ4n) is 0.865. The maximum Gasteiger partial charge on any atom is 0.325 e. The highest BCUT2D eigenvalue weighted by molar-refractivity contribution is 7.90. The van der Waals surface area contributed by atoms with Gasteiger partial charge in [0.1, 0.15) is 0 Å². The molecule has 0 bridgehead atoms. The molecule has 7 nitrogen and oxygen atoms in total. The van der Waals surface area contributed by atoms with Gasteiger partial charge in [0.05, 0.1) is 13.7 Å². The average Bonchev–Trinajstić information content (AvgIpc) is 2.28. The van der Waals surface area contributed by atoms with E-state index in [1.807, 2.05) is 0 Å². The van der Waals surface area contributed by atoms with Crippen molar-refractivity contribution in [2.24, 2.45) is 0 Å². The Balaban J connectivity index is 4.41. The van der Waals surface area contributed by atoms with Crippen LogP contribution in [-0.4, -0.2) is 53.8 Å². The molecular weight excluding hydrogens is 238 g/mol. The molecule has 0 aromatic carbocycles. The number of ether oxygens (including phenoxy) is 3. The van der Waals surface area contributed by atoms with E-state index in [0.29, 0.717) is 0 Å². The van der Waals surface area contributed by atoms with Crippen molar-refractivity contribution in [1.29, 1.82) is 0 Å². The lowest BCUT2D eigenvalue weighted by molar-refractivity contribution is -0.139. The highest BCUT2D eigenvalue weighted by Crippen LogP contribution is 2.01. The van der Waals surface area contributed by atoms with Gasteiger partial charge >= 0.3 is 5.97 Å². The van der Waals surface area contributed by atoms with Crippen LogP contribution < -0.4 is 4.72 Å². The lowest BCUT2D eigenvalue weighted by Gasteiger charge is -2.16. The summed E-state index contributed by atoms with van der Waals surface area (Å²) in [5.41, 5.74) is 0. The second-order valence-electron chi connectivity index (χ2n) is 2.96. The van der Waals surface area contributed by atoms with E-state index in [1.165, 1.54) is 21.1 Å². The molecule has 0 aliphatic carbocycles. The van der Waals surface area contributed by atoms with Crippen LogP contribution >= 0.6 is 0 Å². The first-order chi connectivity index (χ1) is 7.38. The summed E-state index contributed by atoms with van der Waals surface area (Å²) in [6.45, 7) is 1.17. The van der Waals surface area contributed by atoms with Gasteiger partial charge in [-0.25, -0.2) is 13.1 Å². The van der Waals surface area contributed by atoms with Crippen LogP contribution in [0.4, 0.5) is 0 Å². The Morgan fingerprint density at radius 3 is 2.12 bits per heavy atom. The van der Waals surface area contributed by atoms with E-state index < -0.39 is 27.5 Å². The van der Waals surface area contributed by atoms with Gasteiger partial charge < -0.3 is 14.2 Å². The van der Waals surface area contributed by atoms with Crippen molar-refractivity contribution in [3.8, 4) is 0 Å². The van der Waals surface area contributed by atoms with Crippen molar-refractivity contribution >= 4 is 16.0 Å². The molecule has 0 spiro atoms. The molecule has 0 radical (unpaired) electrons. The maximum absolute atomic E-state index is 11.5. The third kappa shape index (κ3) is 4.44. The largest absolute Gasteiger partial charge is 0.468 e. The van der Waals surface area contributed by atoms with E-state index in [4.69, 9.17) is 9.47 Å². The number of carbonyl (C=O) groups is 1. The van der Waals surface area contributed by atoms with E-state index in [-0.39, 0.29) is 6.54 Å². The number of sulfonamides is 1. The Morgan fingerprint density at radius 1 is 1.25 bits per heavy atom. The van der Waals surface area contributed by atoms with Gasteiger partial charge in [-0.2, -0.15) is 0 Å². The second-order valence-corrected chi connectivity index (χ2v) is 5.05. The van der Waals surface area contributed by atoms with Crippen molar-refractivity contribution in [3.05, 3.63) is 0 Å². The SMILES string of the molecule is COC(=O)C(C)S(=O)(=O)NCC(OC)OC. The summed E-state index contributed by atoms with van der Waals surface area (Å²) in [4.78, 5) is 11.0. The van der Waals surface area contributed by atoms with Gasteiger partial charge in [0.2, 0.25) is 10.0 Å². The zero-order valence-electron chi connectivity index (χ0n) is 9.72. The van der Waals surface area contributed by atoms with Crippen LogP contribution in [0.5, 0.6) is 0 Å². The number of hydrogen-bond donors (Lipinski definition) is 1. The van der Waals surface area contributed by atoms with E-state index in [9.17, 15) is 13.2 Å². The fraction of sp³-hybridized carbons (Fsp3) is 0.875. The van der Waals surface area contributed by atoms with Crippen LogP contribution in [0.3, 0.4) is 0 Å². The van der Waals surface area contributed by atoms with Gasteiger partial charge in [-0.15, -0.1) is 0 Å². The average molecular weight is 255 g/mol. The van der Waals surface area contributed by atoms with Crippen molar-refractivity contribution < 1.29 is 27.4 Å². The minimum atomic E-state index is -3.77. The van der Waals surface area contributed by atoms with Crippen LogP contribution in [0.15, 0.2) is 0 Å². The van der Waals surface area contributed by atoms with Crippen molar-refractivity contribution in [1.82, 2.24) is 4.72 Å². The van der Waals surface area contributed by atoms with Crippen LogP contribution in [0.1, 0.15) is 6.92 Å². The number of rotatable bonds is 7. The fourth-order valence-corrected chi connectivity index (χ4v) is 1.83. The highest BCUT2D eigenvalue weighted by Gasteiger charge is 2.29. The first-order valence-corrected chi connectivity index (χ1v) is 6.05. The van der Waals surface area contributed by atoms with Gasteiger partial charge in [0.15, 0.2) is 11.5 Å². The molecule has 1 N–H and O–H groups in total. The summed E-state index contributed by atoms with van der Waals surface area (Å²) in [6, 6.07) is 0. The van der Waals surface area contributed by atoms with Crippen molar-refractivity contribution in [2.75, 3.05) is 27.9 Å². The van der Waals surface area contributed by atoms with E-state index >= 15 is 0 Å². The van der Waals surface area contributed by atoms with Crippen LogP contribution in [0.2, 0.25) is 0 Å². The normalized spacial score (nSPS) is 13.8. The lowest BCUT2D eigenvalue weighted by Crippen LogP contribution is -2.42. The molecule has 0 aliphatic heterocycles. The molecule has 0 amide bonds. The smallest absolute Gasteiger partial charge is 0.325 e. The number of esters is 1. The number of carbonyl (C=O) groups excluding carboxylic acids is 1. The molecule has 0 aromatic rings. The Labute approximate surface area is 95.1 Å². The molecule has 1 atom stereocenters. The summed E-state index contributed by atoms with van der Waals surface area (Å²) in [5, 5.41) is -1.27. The zero-order valence-corrected chi connectivity index (χ0v) is 10.5. The predicted octanol–water partition coefficient (Wildman–Crippen LogP) is -0.914. The predicted molar refractivity (Wildman–Crippen MR) is 56.2 cm³/mol. The quantitative estimate of drug-likeness (QED) is 0.467. The van der Waals surface area contributed by atoms with Crippen LogP contribution in [0, 0.1) is 0 Å². The topological polar surface area (TPSA) is 90.9 Å². The van der Waals surface area contributed by atoms with Crippen LogP contribution in [-0.2, 0) is 29.0 Å².